The lowest BCUT2D eigenvalue weighted by molar-refractivity contribution is -0.120. The van der Waals surface area contributed by atoms with Crippen molar-refractivity contribution in [1.29, 1.82) is 0 Å². The maximum atomic E-state index is 11.3. The first-order valence-corrected chi connectivity index (χ1v) is 7.73. The van der Waals surface area contributed by atoms with E-state index < -0.39 is 0 Å². The molecule has 0 spiro atoms. The van der Waals surface area contributed by atoms with Gasteiger partial charge in [0.05, 0.1) is 0 Å². The second-order valence-electron chi connectivity index (χ2n) is 5.99. The van der Waals surface area contributed by atoms with Crippen molar-refractivity contribution in [2.75, 3.05) is 26.7 Å². The predicted octanol–water partition coefficient (Wildman–Crippen LogP) is 1.74. The van der Waals surface area contributed by atoms with Crippen molar-refractivity contribution in [3.8, 4) is 0 Å². The summed E-state index contributed by atoms with van der Waals surface area (Å²) in [4.78, 5) is 13.8. The van der Waals surface area contributed by atoms with E-state index in [-0.39, 0.29) is 11.4 Å². The molecule has 0 heterocycles. The summed E-state index contributed by atoms with van der Waals surface area (Å²) in [5.74, 6) is 0.903. The summed E-state index contributed by atoms with van der Waals surface area (Å²) in [6.45, 7) is 7.29. The molecule has 0 radical (unpaired) electrons. The fourth-order valence-corrected chi connectivity index (χ4v) is 3.52. The minimum Gasteiger partial charge on any atom is -0.359 e. The van der Waals surface area contributed by atoms with Crippen molar-refractivity contribution in [1.82, 2.24) is 10.2 Å². The highest BCUT2D eigenvalue weighted by Crippen LogP contribution is 2.36. The molecule has 112 valence electrons. The third-order valence-electron chi connectivity index (χ3n) is 4.61. The zero-order valence-electron chi connectivity index (χ0n) is 12.9. The van der Waals surface area contributed by atoms with E-state index in [1.807, 2.05) is 0 Å². The molecule has 1 rings (SSSR count). The molecule has 0 aromatic heterocycles. The molecule has 1 aliphatic rings. The number of nitrogens with two attached hydrogens (primary N) is 1. The van der Waals surface area contributed by atoms with Gasteiger partial charge in [-0.2, -0.15) is 0 Å². The van der Waals surface area contributed by atoms with Crippen molar-refractivity contribution in [3.63, 3.8) is 0 Å². The van der Waals surface area contributed by atoms with Gasteiger partial charge in [-0.3, -0.25) is 9.69 Å². The van der Waals surface area contributed by atoms with Crippen LogP contribution in [0.3, 0.4) is 0 Å². The molecule has 1 aliphatic carbocycles. The monoisotopic (exact) mass is 269 g/mol. The molecule has 2 atom stereocenters. The molecule has 0 aromatic rings. The van der Waals surface area contributed by atoms with Crippen LogP contribution in [0.1, 0.15) is 52.4 Å². The summed E-state index contributed by atoms with van der Waals surface area (Å²) in [5, 5.41) is 2.68. The number of nitrogens with zero attached hydrogens (tertiary/aromatic N) is 1. The number of carbonyl (C=O) groups is 1. The zero-order valence-corrected chi connectivity index (χ0v) is 12.9. The van der Waals surface area contributed by atoms with Crippen LogP contribution in [0.15, 0.2) is 0 Å². The summed E-state index contributed by atoms with van der Waals surface area (Å²) in [6.07, 6.45) is 6.56. The highest BCUT2D eigenvalue weighted by atomic mass is 16.1. The van der Waals surface area contributed by atoms with Crippen molar-refractivity contribution in [3.05, 3.63) is 0 Å². The Kier molecular flexibility index (Phi) is 6.80. The van der Waals surface area contributed by atoms with Gasteiger partial charge in [-0.25, -0.2) is 0 Å². The highest BCUT2D eigenvalue weighted by Gasteiger charge is 2.37. The first kappa shape index (κ1) is 16.4. The summed E-state index contributed by atoms with van der Waals surface area (Å²) < 4.78 is 0. The minimum absolute atomic E-state index is 0.134. The largest absolute Gasteiger partial charge is 0.359 e. The molecule has 0 aromatic carbocycles. The van der Waals surface area contributed by atoms with E-state index in [0.29, 0.717) is 6.42 Å². The van der Waals surface area contributed by atoms with E-state index in [4.69, 9.17) is 5.73 Å². The maximum Gasteiger partial charge on any atom is 0.219 e. The van der Waals surface area contributed by atoms with E-state index in [1.54, 1.807) is 7.05 Å². The lowest BCUT2D eigenvalue weighted by Crippen LogP contribution is -2.56. The van der Waals surface area contributed by atoms with Gasteiger partial charge in [0.1, 0.15) is 0 Å². The average molecular weight is 269 g/mol. The number of nitrogens with one attached hydrogen (secondary N) is 1. The normalized spacial score (nSPS) is 27.5. The molecule has 0 saturated heterocycles. The van der Waals surface area contributed by atoms with E-state index >= 15 is 0 Å². The molecule has 3 N–H and O–H groups in total. The standard InChI is InChI=1S/C15H31N3O/c1-4-18(10-6-8-14(19)17-3)15(12-16)9-5-7-13(2)11-15/h13H,4-12,16H2,1-3H3,(H,17,19). The molecule has 2 unspecified atom stereocenters. The highest BCUT2D eigenvalue weighted by molar-refractivity contribution is 5.75. The maximum absolute atomic E-state index is 11.3. The van der Waals surface area contributed by atoms with Gasteiger partial charge in [0, 0.05) is 25.6 Å². The van der Waals surface area contributed by atoms with Crippen molar-refractivity contribution in [2.24, 2.45) is 11.7 Å². The molecule has 4 nitrogen and oxygen atoms in total. The Bertz CT molecular complexity index is 283. The summed E-state index contributed by atoms with van der Waals surface area (Å²) in [5.41, 5.74) is 6.29. The molecule has 19 heavy (non-hydrogen) atoms. The molecule has 1 amide bonds. The second kappa shape index (κ2) is 7.85. The number of hydrogen-bond donors (Lipinski definition) is 2. The van der Waals surface area contributed by atoms with E-state index in [2.05, 4.69) is 24.1 Å². The summed E-state index contributed by atoms with van der Waals surface area (Å²) in [6, 6.07) is 0. The Balaban J connectivity index is 2.57. The van der Waals surface area contributed by atoms with Gasteiger partial charge in [-0.15, -0.1) is 0 Å². The molecule has 4 heteroatoms. The number of rotatable bonds is 7. The van der Waals surface area contributed by atoms with Gasteiger partial charge >= 0.3 is 0 Å². The summed E-state index contributed by atoms with van der Waals surface area (Å²) in [7, 11) is 1.70. The van der Waals surface area contributed by atoms with E-state index in [0.717, 1.165) is 32.0 Å². The number of carbonyl (C=O) groups excluding carboxylic acids is 1. The van der Waals surface area contributed by atoms with Gasteiger partial charge < -0.3 is 11.1 Å². The molecular formula is C15H31N3O. The SMILES string of the molecule is CCN(CCCC(=O)NC)C1(CN)CCCC(C)C1. The number of hydrogen-bond acceptors (Lipinski definition) is 3. The molecule has 1 saturated carbocycles. The van der Waals surface area contributed by atoms with Gasteiger partial charge in [-0.1, -0.05) is 26.7 Å². The lowest BCUT2D eigenvalue weighted by Gasteiger charge is -2.47. The van der Waals surface area contributed by atoms with Crippen LogP contribution in [0.2, 0.25) is 0 Å². The fourth-order valence-electron chi connectivity index (χ4n) is 3.52. The third kappa shape index (κ3) is 4.46. The van der Waals surface area contributed by atoms with Crippen molar-refractivity contribution >= 4 is 5.91 Å². The van der Waals surface area contributed by atoms with Gasteiger partial charge in [0.15, 0.2) is 0 Å². The van der Waals surface area contributed by atoms with Crippen molar-refractivity contribution < 1.29 is 4.79 Å². The average Bonchev–Trinajstić information content (AvgIpc) is 2.43. The first-order chi connectivity index (χ1) is 9.07. The van der Waals surface area contributed by atoms with Crippen LogP contribution in [0.25, 0.3) is 0 Å². The predicted molar refractivity (Wildman–Crippen MR) is 80.0 cm³/mol. The van der Waals surface area contributed by atoms with Crippen molar-refractivity contribution in [2.45, 2.75) is 57.9 Å². The van der Waals surface area contributed by atoms with Gasteiger partial charge in [-0.05, 0) is 38.3 Å². The number of amides is 1. The molecule has 0 bridgehead atoms. The zero-order chi connectivity index (χ0) is 14.3. The molecule has 1 fully saturated rings. The van der Waals surface area contributed by atoms with Crippen LogP contribution < -0.4 is 11.1 Å². The van der Waals surface area contributed by atoms with Crippen LogP contribution in [0.4, 0.5) is 0 Å². The Labute approximate surface area is 118 Å². The Hall–Kier alpha value is -0.610. The Morgan fingerprint density at radius 2 is 2.26 bits per heavy atom. The Morgan fingerprint density at radius 1 is 1.53 bits per heavy atom. The first-order valence-electron chi connectivity index (χ1n) is 7.73. The van der Waals surface area contributed by atoms with Gasteiger partial charge in [0.25, 0.3) is 0 Å². The molecule has 0 aliphatic heterocycles. The van der Waals surface area contributed by atoms with Crippen LogP contribution in [0.5, 0.6) is 0 Å². The third-order valence-corrected chi connectivity index (χ3v) is 4.61. The Morgan fingerprint density at radius 3 is 2.79 bits per heavy atom. The number of likely N-dealkylation sites (N-methyl/N-ethyl adjacent to an activating group) is 1. The van der Waals surface area contributed by atoms with Crippen LogP contribution >= 0.6 is 0 Å². The van der Waals surface area contributed by atoms with Crippen LogP contribution in [0, 0.1) is 5.92 Å². The smallest absolute Gasteiger partial charge is 0.219 e. The fraction of sp³-hybridized carbons (Fsp3) is 0.933. The van der Waals surface area contributed by atoms with Crippen LogP contribution in [-0.2, 0) is 4.79 Å². The topological polar surface area (TPSA) is 58.4 Å². The van der Waals surface area contributed by atoms with E-state index in [9.17, 15) is 4.79 Å². The minimum atomic E-state index is 0.134. The molecular weight excluding hydrogens is 238 g/mol. The van der Waals surface area contributed by atoms with Crippen LogP contribution in [-0.4, -0.2) is 43.0 Å². The second-order valence-corrected chi connectivity index (χ2v) is 5.99. The lowest BCUT2D eigenvalue weighted by atomic mass is 9.75. The quantitative estimate of drug-likeness (QED) is 0.740. The van der Waals surface area contributed by atoms with Gasteiger partial charge in [0.2, 0.25) is 5.91 Å². The summed E-state index contributed by atoms with van der Waals surface area (Å²) >= 11 is 0. The van der Waals surface area contributed by atoms with E-state index in [1.165, 1.54) is 25.7 Å².